The van der Waals surface area contributed by atoms with Crippen LogP contribution in [0, 0.1) is 0 Å². The minimum absolute atomic E-state index is 0.0740. The molecule has 0 bridgehead atoms. The van der Waals surface area contributed by atoms with Crippen LogP contribution < -0.4 is 0 Å². The van der Waals surface area contributed by atoms with Gasteiger partial charge in [-0.3, -0.25) is 9.59 Å². The SMILES string of the molecule is O=C(O)CCC(=O)c1ccccc1C(OCOCc1ccccc1)C(F)(F)F. The molecule has 0 spiro atoms. The lowest BCUT2D eigenvalue weighted by molar-refractivity contribution is -0.247. The highest BCUT2D eigenvalue weighted by Crippen LogP contribution is 2.37. The van der Waals surface area contributed by atoms with E-state index in [1.54, 1.807) is 30.3 Å². The summed E-state index contributed by atoms with van der Waals surface area (Å²) in [7, 11) is 0. The number of aliphatic carboxylic acids is 1. The van der Waals surface area contributed by atoms with Gasteiger partial charge in [-0.2, -0.15) is 13.2 Å². The molecule has 2 aromatic carbocycles. The summed E-state index contributed by atoms with van der Waals surface area (Å²) in [5, 5.41) is 8.68. The van der Waals surface area contributed by atoms with Gasteiger partial charge in [0.2, 0.25) is 0 Å². The molecule has 2 rings (SSSR count). The molecule has 0 aromatic heterocycles. The lowest BCUT2D eigenvalue weighted by atomic mass is 9.96. The fourth-order valence-corrected chi connectivity index (χ4v) is 2.55. The molecular formula is C20H19F3O5. The highest BCUT2D eigenvalue weighted by molar-refractivity contribution is 5.98. The van der Waals surface area contributed by atoms with Gasteiger partial charge < -0.3 is 14.6 Å². The van der Waals surface area contributed by atoms with E-state index >= 15 is 0 Å². The summed E-state index contributed by atoms with van der Waals surface area (Å²) in [5.41, 5.74) is 0.196. The van der Waals surface area contributed by atoms with Crippen LogP contribution in [0.5, 0.6) is 0 Å². The Morgan fingerprint density at radius 1 is 0.964 bits per heavy atom. The Bertz CT molecular complexity index is 790. The summed E-state index contributed by atoms with van der Waals surface area (Å²) >= 11 is 0. The van der Waals surface area contributed by atoms with Gasteiger partial charge in [-0.25, -0.2) is 0 Å². The number of ketones is 1. The van der Waals surface area contributed by atoms with Crippen molar-refractivity contribution in [3.05, 3.63) is 71.3 Å². The third-order valence-electron chi connectivity index (χ3n) is 3.84. The molecule has 28 heavy (non-hydrogen) atoms. The zero-order valence-corrected chi connectivity index (χ0v) is 14.8. The first-order chi connectivity index (χ1) is 13.3. The quantitative estimate of drug-likeness (QED) is 0.363. The lowest BCUT2D eigenvalue weighted by Crippen LogP contribution is -2.26. The highest BCUT2D eigenvalue weighted by atomic mass is 19.4. The van der Waals surface area contributed by atoms with Crippen molar-refractivity contribution in [1.82, 2.24) is 0 Å². The number of carbonyl (C=O) groups is 2. The summed E-state index contributed by atoms with van der Waals surface area (Å²) in [6.45, 7) is -0.554. The molecule has 5 nitrogen and oxygen atoms in total. The lowest BCUT2D eigenvalue weighted by Gasteiger charge is -2.23. The summed E-state index contributed by atoms with van der Waals surface area (Å²) in [4.78, 5) is 22.8. The van der Waals surface area contributed by atoms with Gasteiger partial charge in [0, 0.05) is 17.5 Å². The molecule has 0 saturated heterocycles. The van der Waals surface area contributed by atoms with E-state index in [0.717, 1.165) is 11.6 Å². The van der Waals surface area contributed by atoms with Crippen LogP contribution >= 0.6 is 0 Å². The second kappa shape index (κ2) is 10.0. The zero-order valence-electron chi connectivity index (χ0n) is 14.8. The molecule has 8 heteroatoms. The summed E-state index contributed by atoms with van der Waals surface area (Å²) in [5.74, 6) is -1.90. The van der Waals surface area contributed by atoms with Crippen LogP contribution in [-0.4, -0.2) is 29.8 Å². The van der Waals surface area contributed by atoms with E-state index in [0.29, 0.717) is 0 Å². The molecule has 1 atom stereocenters. The summed E-state index contributed by atoms with van der Waals surface area (Å²) < 4.78 is 50.7. The van der Waals surface area contributed by atoms with Crippen molar-refractivity contribution in [3.63, 3.8) is 0 Å². The summed E-state index contributed by atoms with van der Waals surface area (Å²) in [6, 6.07) is 14.0. The zero-order chi connectivity index (χ0) is 20.6. The standard InChI is InChI=1S/C20H19F3O5/c21-20(22,23)19(28-13-27-12-14-6-2-1-3-7-14)16-9-5-4-8-15(16)17(24)10-11-18(25)26/h1-9,19H,10-13H2,(H,25,26). The predicted octanol–water partition coefficient (Wildman–Crippen LogP) is 4.53. The van der Waals surface area contributed by atoms with E-state index in [-0.39, 0.29) is 17.7 Å². The maximum Gasteiger partial charge on any atom is 0.418 e. The number of ether oxygens (including phenoxy) is 2. The minimum atomic E-state index is -4.78. The second-order valence-electron chi connectivity index (χ2n) is 5.94. The van der Waals surface area contributed by atoms with E-state index < -0.39 is 43.7 Å². The number of carboxylic acid groups (broad SMARTS) is 1. The number of hydrogen-bond acceptors (Lipinski definition) is 4. The van der Waals surface area contributed by atoms with Gasteiger partial charge in [0.25, 0.3) is 0 Å². The second-order valence-corrected chi connectivity index (χ2v) is 5.94. The first kappa shape index (κ1) is 21.6. The topological polar surface area (TPSA) is 72.8 Å². The van der Waals surface area contributed by atoms with E-state index in [1.807, 2.05) is 0 Å². The molecule has 0 aliphatic heterocycles. The molecular weight excluding hydrogens is 377 g/mol. The van der Waals surface area contributed by atoms with E-state index in [1.165, 1.54) is 18.2 Å². The number of alkyl halides is 3. The molecule has 0 aliphatic carbocycles. The fourth-order valence-electron chi connectivity index (χ4n) is 2.55. The third kappa shape index (κ3) is 6.47. The maximum absolute atomic E-state index is 13.5. The van der Waals surface area contributed by atoms with Crippen LogP contribution in [0.25, 0.3) is 0 Å². The fraction of sp³-hybridized carbons (Fsp3) is 0.300. The van der Waals surface area contributed by atoms with Crippen LogP contribution in [0.4, 0.5) is 13.2 Å². The number of Topliss-reactive ketones (excluding diaryl/α,β-unsaturated/α-hetero) is 1. The van der Waals surface area contributed by atoms with Gasteiger partial charge >= 0.3 is 12.1 Å². The smallest absolute Gasteiger partial charge is 0.418 e. The molecule has 0 radical (unpaired) electrons. The molecule has 1 N–H and O–H groups in total. The van der Waals surface area contributed by atoms with E-state index in [2.05, 4.69) is 0 Å². The molecule has 0 fully saturated rings. The van der Waals surface area contributed by atoms with Crippen molar-refractivity contribution in [2.45, 2.75) is 31.7 Å². The Balaban J connectivity index is 2.10. The van der Waals surface area contributed by atoms with Crippen LogP contribution in [0.15, 0.2) is 54.6 Å². The van der Waals surface area contributed by atoms with Gasteiger partial charge in [-0.1, -0.05) is 54.6 Å². The van der Waals surface area contributed by atoms with Crippen molar-refractivity contribution >= 4 is 11.8 Å². The molecule has 0 amide bonds. The Morgan fingerprint density at radius 3 is 2.25 bits per heavy atom. The predicted molar refractivity (Wildman–Crippen MR) is 93.6 cm³/mol. The minimum Gasteiger partial charge on any atom is -0.481 e. The number of hydrogen-bond donors (Lipinski definition) is 1. The number of halogens is 3. The van der Waals surface area contributed by atoms with Crippen LogP contribution in [-0.2, 0) is 20.9 Å². The Hall–Kier alpha value is -2.71. The van der Waals surface area contributed by atoms with Gasteiger partial charge in [-0.15, -0.1) is 0 Å². The number of benzene rings is 2. The van der Waals surface area contributed by atoms with E-state index in [4.69, 9.17) is 14.6 Å². The monoisotopic (exact) mass is 396 g/mol. The van der Waals surface area contributed by atoms with Crippen molar-refractivity contribution in [2.24, 2.45) is 0 Å². The van der Waals surface area contributed by atoms with Crippen LogP contribution in [0.1, 0.15) is 40.4 Å². The van der Waals surface area contributed by atoms with Crippen molar-refractivity contribution in [1.29, 1.82) is 0 Å². The largest absolute Gasteiger partial charge is 0.481 e. The van der Waals surface area contributed by atoms with Crippen molar-refractivity contribution in [2.75, 3.05) is 6.79 Å². The Kier molecular flexibility index (Phi) is 7.71. The van der Waals surface area contributed by atoms with Crippen LogP contribution in [0.3, 0.4) is 0 Å². The third-order valence-corrected chi connectivity index (χ3v) is 3.84. The Labute approximate surface area is 159 Å². The number of carbonyl (C=O) groups excluding carboxylic acids is 1. The molecule has 0 aliphatic rings. The molecule has 2 aromatic rings. The Morgan fingerprint density at radius 2 is 1.61 bits per heavy atom. The molecule has 150 valence electrons. The van der Waals surface area contributed by atoms with Gasteiger partial charge in [0.05, 0.1) is 13.0 Å². The van der Waals surface area contributed by atoms with Gasteiger partial charge in [0.15, 0.2) is 11.9 Å². The van der Waals surface area contributed by atoms with E-state index in [9.17, 15) is 22.8 Å². The first-order valence-electron chi connectivity index (χ1n) is 8.43. The summed E-state index contributed by atoms with van der Waals surface area (Å²) in [6.07, 6.45) is -8.01. The van der Waals surface area contributed by atoms with Gasteiger partial charge in [0.1, 0.15) is 6.79 Å². The molecule has 0 heterocycles. The number of carboxylic acids is 1. The maximum atomic E-state index is 13.5. The normalized spacial score (nSPS) is 12.5. The van der Waals surface area contributed by atoms with Gasteiger partial charge in [-0.05, 0) is 5.56 Å². The average Bonchev–Trinajstić information content (AvgIpc) is 2.66. The first-order valence-corrected chi connectivity index (χ1v) is 8.43. The number of rotatable bonds is 10. The highest BCUT2D eigenvalue weighted by Gasteiger charge is 2.43. The van der Waals surface area contributed by atoms with Crippen molar-refractivity contribution in [3.8, 4) is 0 Å². The van der Waals surface area contributed by atoms with Crippen LogP contribution in [0.2, 0.25) is 0 Å². The average molecular weight is 396 g/mol. The molecule has 0 saturated carbocycles. The van der Waals surface area contributed by atoms with Crippen molar-refractivity contribution < 1.29 is 37.3 Å². The molecule has 1 unspecified atom stereocenters.